The van der Waals surface area contributed by atoms with Gasteiger partial charge in [0.1, 0.15) is 18.5 Å². The van der Waals surface area contributed by atoms with Gasteiger partial charge in [-0.15, -0.1) is 0 Å². The molecule has 3 aliphatic carbocycles. The minimum atomic E-state index is -0.127. The molecule has 5 atom stereocenters. The Labute approximate surface area is 175 Å². The van der Waals surface area contributed by atoms with Crippen LogP contribution < -0.4 is 4.74 Å². The molecule has 0 saturated heterocycles. The van der Waals surface area contributed by atoms with Gasteiger partial charge in [0.05, 0.1) is 0 Å². The summed E-state index contributed by atoms with van der Waals surface area (Å²) >= 11 is 2.04. The van der Waals surface area contributed by atoms with Crippen LogP contribution in [-0.2, 0) is 16.0 Å². The molecule has 0 aromatic heterocycles. The number of carbonyl (C=O) groups is 1. The lowest BCUT2D eigenvalue weighted by molar-refractivity contribution is -0.154. The highest BCUT2D eigenvalue weighted by molar-refractivity contribution is 14.1. The van der Waals surface area contributed by atoms with Crippen molar-refractivity contribution in [1.82, 2.24) is 0 Å². The third-order valence-electron chi connectivity index (χ3n) is 7.30. The van der Waals surface area contributed by atoms with E-state index in [4.69, 9.17) is 9.47 Å². The lowest BCUT2D eigenvalue weighted by Crippen LogP contribution is -2.45. The molecule has 0 aliphatic heterocycles. The summed E-state index contributed by atoms with van der Waals surface area (Å²) in [5, 5.41) is 0. The molecular weight excluding hydrogens is 451 g/mol. The van der Waals surface area contributed by atoms with Crippen LogP contribution in [0.3, 0.4) is 0 Å². The lowest BCUT2D eigenvalue weighted by Gasteiger charge is -2.50. The highest BCUT2D eigenvalue weighted by Gasteiger charge is 2.56. The number of esters is 1. The van der Waals surface area contributed by atoms with Crippen molar-refractivity contribution in [3.63, 3.8) is 0 Å². The number of hydrogen-bond donors (Lipinski definition) is 0. The summed E-state index contributed by atoms with van der Waals surface area (Å²) < 4.78 is 14.3. The summed E-state index contributed by atoms with van der Waals surface area (Å²) in [6.07, 6.45) is 7.04. The van der Waals surface area contributed by atoms with Gasteiger partial charge in [0.25, 0.3) is 0 Å². The lowest BCUT2D eigenvalue weighted by atomic mass is 9.55. The summed E-state index contributed by atoms with van der Waals surface area (Å²) in [6.45, 7) is 4.37. The Hall–Kier alpha value is -1.22. The van der Waals surface area contributed by atoms with E-state index >= 15 is 0 Å². The maximum absolute atomic E-state index is 11.5. The van der Waals surface area contributed by atoms with Crippen LogP contribution in [0.2, 0.25) is 0 Å². The van der Waals surface area contributed by atoms with E-state index < -0.39 is 0 Å². The van der Waals surface area contributed by atoms with E-state index in [1.54, 1.807) is 6.92 Å². The number of fused-ring (bicyclic) bond motifs is 5. The number of hydrogen-bond acceptors (Lipinski definition) is 3. The van der Waals surface area contributed by atoms with Crippen LogP contribution in [0.15, 0.2) is 18.2 Å². The molecule has 0 N–H and O–H groups in total. The fourth-order valence-corrected chi connectivity index (χ4v) is 6.30. The quantitative estimate of drug-likeness (QED) is 0.338. The summed E-state index contributed by atoms with van der Waals surface area (Å²) in [4.78, 5) is 11.5. The molecular formula is C23H27IO3. The molecule has 3 aliphatic rings. The average Bonchev–Trinajstić information content (AvgIpc) is 2.97. The van der Waals surface area contributed by atoms with Crippen LogP contribution in [0.5, 0.6) is 5.75 Å². The van der Waals surface area contributed by atoms with Gasteiger partial charge in [0, 0.05) is 34.9 Å². The molecule has 0 amide bonds. The van der Waals surface area contributed by atoms with Crippen LogP contribution in [0.25, 0.3) is 0 Å². The maximum Gasteiger partial charge on any atom is 0.302 e. The number of carbonyl (C=O) groups excluding carboxylic acids is 1. The Morgan fingerprint density at radius 1 is 1.30 bits per heavy atom. The van der Waals surface area contributed by atoms with Crippen molar-refractivity contribution in [2.75, 3.05) is 6.61 Å². The topological polar surface area (TPSA) is 35.5 Å². The zero-order chi connectivity index (χ0) is 19.0. The molecule has 2 saturated carbocycles. The van der Waals surface area contributed by atoms with Gasteiger partial charge in [-0.1, -0.05) is 18.9 Å². The molecule has 144 valence electrons. The fraction of sp³-hybridized carbons (Fsp3) is 0.609. The molecule has 0 spiro atoms. The molecule has 1 aromatic rings. The maximum atomic E-state index is 11.5. The standard InChI is InChI=1S/C23H27IO3/c1-15(25)27-22-9-8-21-20-6-4-16-14-17(26-13-3-12-24)5-7-18(16)19(20)10-11-23(21,22)2/h5,7,14,19-22H,4,6,8-11,13H2,1-2H3/t19-,20-,21+,22+,23+/m1/s1. The smallest absolute Gasteiger partial charge is 0.302 e. The van der Waals surface area contributed by atoms with Crippen LogP contribution in [0.4, 0.5) is 0 Å². The van der Waals surface area contributed by atoms with Gasteiger partial charge in [-0.05, 0) is 83.5 Å². The van der Waals surface area contributed by atoms with Crippen molar-refractivity contribution in [3.05, 3.63) is 29.3 Å². The first-order valence-corrected chi connectivity index (χ1v) is 11.1. The minimum absolute atomic E-state index is 0.108. The van der Waals surface area contributed by atoms with Crippen molar-refractivity contribution < 1.29 is 14.3 Å². The predicted molar refractivity (Wildman–Crippen MR) is 114 cm³/mol. The van der Waals surface area contributed by atoms with Crippen molar-refractivity contribution >= 4 is 28.6 Å². The Morgan fingerprint density at radius 2 is 2.15 bits per heavy atom. The number of ether oxygens (including phenoxy) is 2. The van der Waals surface area contributed by atoms with Crippen LogP contribution in [-0.4, -0.2) is 18.7 Å². The van der Waals surface area contributed by atoms with Gasteiger partial charge in [-0.25, -0.2) is 0 Å². The number of aryl methyl sites for hydroxylation is 1. The zero-order valence-electron chi connectivity index (χ0n) is 16.1. The monoisotopic (exact) mass is 478 g/mol. The summed E-state index contributed by atoms with van der Waals surface area (Å²) in [5.41, 5.74) is 3.14. The molecule has 0 unspecified atom stereocenters. The van der Waals surface area contributed by atoms with Crippen molar-refractivity contribution in [3.8, 4) is 15.6 Å². The molecule has 2 fully saturated rings. The van der Waals surface area contributed by atoms with Crippen LogP contribution in [0, 0.1) is 27.1 Å². The number of benzene rings is 1. The molecule has 3 nitrogen and oxygen atoms in total. The zero-order valence-corrected chi connectivity index (χ0v) is 18.3. The normalized spacial score (nSPS) is 33.7. The van der Waals surface area contributed by atoms with Crippen molar-refractivity contribution in [2.45, 2.75) is 64.4 Å². The van der Waals surface area contributed by atoms with Gasteiger partial charge < -0.3 is 9.47 Å². The number of halogens is 1. The highest BCUT2D eigenvalue weighted by Crippen LogP contribution is 2.61. The molecule has 0 radical (unpaired) electrons. The Bertz CT molecular complexity index is 793. The second-order valence-corrected chi connectivity index (χ2v) is 9.10. The Balaban J connectivity index is 1.54. The van der Waals surface area contributed by atoms with Gasteiger partial charge in [0.2, 0.25) is 0 Å². The highest BCUT2D eigenvalue weighted by atomic mass is 127. The van der Waals surface area contributed by atoms with Gasteiger partial charge >= 0.3 is 5.97 Å². The third kappa shape index (κ3) is 3.48. The summed E-state index contributed by atoms with van der Waals surface area (Å²) in [5.74, 6) is 5.78. The molecule has 0 heterocycles. The first-order valence-electron chi connectivity index (χ1n) is 10.0. The second-order valence-electron chi connectivity index (χ2n) is 8.56. The Morgan fingerprint density at radius 3 is 2.93 bits per heavy atom. The van der Waals surface area contributed by atoms with E-state index in [1.165, 1.54) is 30.4 Å². The van der Waals surface area contributed by atoms with E-state index in [9.17, 15) is 4.79 Å². The van der Waals surface area contributed by atoms with E-state index in [-0.39, 0.29) is 17.5 Å². The average molecular weight is 478 g/mol. The summed E-state index contributed by atoms with van der Waals surface area (Å²) in [7, 11) is 0. The van der Waals surface area contributed by atoms with Gasteiger partial charge in [-0.2, -0.15) is 0 Å². The minimum Gasteiger partial charge on any atom is -0.481 e. The second kappa shape index (κ2) is 7.66. The molecule has 4 heteroatoms. The number of rotatable bonds is 3. The molecule has 1 aromatic carbocycles. The first-order chi connectivity index (χ1) is 13.0. The van der Waals surface area contributed by atoms with Crippen LogP contribution >= 0.6 is 22.6 Å². The molecule has 27 heavy (non-hydrogen) atoms. The van der Waals surface area contributed by atoms with E-state index in [2.05, 4.69) is 35.0 Å². The SMILES string of the molecule is CC(=O)O[C@H]1CC[C@H]2[C@@H]3CCc4cc(OCC#CI)ccc4[C@H]3CC[C@]12C. The Kier molecular flexibility index (Phi) is 5.42. The fourth-order valence-electron chi connectivity index (χ4n) is 6.14. The van der Waals surface area contributed by atoms with Crippen molar-refractivity contribution in [2.24, 2.45) is 17.3 Å². The first kappa shape index (κ1) is 19.1. The largest absolute Gasteiger partial charge is 0.481 e. The summed E-state index contributed by atoms with van der Waals surface area (Å²) in [6, 6.07) is 6.63. The van der Waals surface area contributed by atoms with E-state index in [0.29, 0.717) is 24.4 Å². The van der Waals surface area contributed by atoms with Gasteiger partial charge in [-0.3, -0.25) is 4.79 Å². The predicted octanol–water partition coefficient (Wildman–Crippen LogP) is 5.25. The van der Waals surface area contributed by atoms with E-state index in [1.807, 2.05) is 22.6 Å². The van der Waals surface area contributed by atoms with Crippen LogP contribution in [0.1, 0.15) is 63.0 Å². The van der Waals surface area contributed by atoms with Gasteiger partial charge in [0.15, 0.2) is 0 Å². The molecule has 4 rings (SSSR count). The third-order valence-corrected chi connectivity index (χ3v) is 7.68. The van der Waals surface area contributed by atoms with E-state index in [0.717, 1.165) is 25.0 Å². The molecule has 0 bridgehead atoms. The van der Waals surface area contributed by atoms with Crippen molar-refractivity contribution in [1.29, 1.82) is 0 Å².